The molecule has 0 fully saturated rings. The van der Waals surface area contributed by atoms with Crippen LogP contribution in [0.2, 0.25) is 0 Å². The fourth-order valence-corrected chi connectivity index (χ4v) is 2.91. The lowest BCUT2D eigenvalue weighted by molar-refractivity contribution is -0.114. The number of hydrogen-bond acceptors (Lipinski definition) is 3. The van der Waals surface area contributed by atoms with E-state index in [0.29, 0.717) is 11.1 Å². The lowest BCUT2D eigenvalue weighted by Gasteiger charge is -2.10. The highest BCUT2D eigenvalue weighted by Crippen LogP contribution is 2.29. The smallest absolute Gasteiger partial charge is 0.221 e. The molecule has 0 heterocycles. The highest BCUT2D eigenvalue weighted by Gasteiger charge is 2.15. The van der Waals surface area contributed by atoms with Crippen molar-refractivity contribution < 1.29 is 17.6 Å². The maximum Gasteiger partial charge on any atom is 0.221 e. The highest BCUT2D eigenvalue weighted by atomic mass is 32.2. The Morgan fingerprint density at radius 2 is 1.81 bits per heavy atom. The molecule has 0 radical (unpaired) electrons. The Morgan fingerprint density at radius 3 is 2.38 bits per heavy atom. The van der Waals surface area contributed by atoms with E-state index in [1.165, 1.54) is 25.1 Å². The number of hydrogen-bond donors (Lipinski definition) is 1. The van der Waals surface area contributed by atoms with E-state index in [9.17, 15) is 17.6 Å². The van der Waals surface area contributed by atoms with Gasteiger partial charge in [-0.2, -0.15) is 0 Å². The van der Waals surface area contributed by atoms with Gasteiger partial charge in [-0.3, -0.25) is 4.79 Å². The molecule has 0 aliphatic rings. The lowest BCUT2D eigenvalue weighted by atomic mass is 10.1. The minimum absolute atomic E-state index is 0.0584. The van der Waals surface area contributed by atoms with E-state index in [-0.39, 0.29) is 16.5 Å². The lowest BCUT2D eigenvalue weighted by Crippen LogP contribution is -2.07. The Morgan fingerprint density at radius 1 is 1.14 bits per heavy atom. The molecule has 0 unspecified atom stereocenters. The van der Waals surface area contributed by atoms with Crippen molar-refractivity contribution in [3.05, 3.63) is 48.3 Å². The van der Waals surface area contributed by atoms with Gasteiger partial charge in [-0.25, -0.2) is 12.8 Å². The van der Waals surface area contributed by atoms with Gasteiger partial charge in [0.1, 0.15) is 5.82 Å². The number of carbonyl (C=O) groups excluding carboxylic acids is 1. The van der Waals surface area contributed by atoms with Crippen molar-refractivity contribution in [2.45, 2.75) is 11.8 Å². The van der Waals surface area contributed by atoms with Crippen molar-refractivity contribution in [1.82, 2.24) is 0 Å². The zero-order valence-corrected chi connectivity index (χ0v) is 12.4. The molecule has 0 aliphatic carbocycles. The first kappa shape index (κ1) is 15.2. The van der Waals surface area contributed by atoms with Crippen LogP contribution in [0.3, 0.4) is 0 Å². The van der Waals surface area contributed by atoms with Crippen molar-refractivity contribution in [1.29, 1.82) is 0 Å². The number of rotatable bonds is 3. The van der Waals surface area contributed by atoms with E-state index in [0.717, 1.165) is 6.26 Å². The number of sulfone groups is 1. The van der Waals surface area contributed by atoms with Gasteiger partial charge in [0.05, 0.1) is 10.6 Å². The van der Waals surface area contributed by atoms with Crippen LogP contribution in [0.5, 0.6) is 0 Å². The average Bonchev–Trinajstić information content (AvgIpc) is 2.40. The minimum atomic E-state index is -3.42. The van der Waals surface area contributed by atoms with Crippen LogP contribution in [-0.4, -0.2) is 20.6 Å². The van der Waals surface area contributed by atoms with Crippen LogP contribution in [0.4, 0.5) is 10.1 Å². The first-order chi connectivity index (χ1) is 9.79. The highest BCUT2D eigenvalue weighted by molar-refractivity contribution is 7.90. The molecule has 0 bridgehead atoms. The molecule has 0 saturated heterocycles. The molecule has 21 heavy (non-hydrogen) atoms. The first-order valence-electron chi connectivity index (χ1n) is 6.15. The second kappa shape index (κ2) is 5.65. The number of nitrogens with one attached hydrogen (secondary N) is 1. The molecule has 2 aromatic rings. The van der Waals surface area contributed by atoms with Gasteiger partial charge in [-0.15, -0.1) is 0 Å². The zero-order valence-electron chi connectivity index (χ0n) is 11.6. The summed E-state index contributed by atoms with van der Waals surface area (Å²) in [4.78, 5) is 11.1. The number of anilines is 1. The van der Waals surface area contributed by atoms with Gasteiger partial charge in [-0.05, 0) is 23.8 Å². The molecule has 0 saturated carbocycles. The zero-order chi connectivity index (χ0) is 15.6. The second-order valence-electron chi connectivity index (χ2n) is 4.64. The molecule has 0 aromatic heterocycles. The topological polar surface area (TPSA) is 63.2 Å². The third-order valence-corrected chi connectivity index (χ3v) is 4.03. The van der Waals surface area contributed by atoms with Crippen molar-refractivity contribution in [2.75, 3.05) is 11.6 Å². The maximum absolute atomic E-state index is 14.0. The summed E-state index contributed by atoms with van der Waals surface area (Å²) >= 11 is 0. The molecule has 110 valence electrons. The van der Waals surface area contributed by atoms with Crippen LogP contribution >= 0.6 is 0 Å². The molecule has 6 heteroatoms. The van der Waals surface area contributed by atoms with E-state index in [2.05, 4.69) is 5.32 Å². The van der Waals surface area contributed by atoms with Gasteiger partial charge in [0.2, 0.25) is 5.91 Å². The number of halogens is 1. The van der Waals surface area contributed by atoms with Crippen LogP contribution in [0.1, 0.15) is 6.92 Å². The molecular weight excluding hydrogens is 293 g/mol. The van der Waals surface area contributed by atoms with Gasteiger partial charge in [0.25, 0.3) is 0 Å². The van der Waals surface area contributed by atoms with Crippen molar-refractivity contribution in [3.63, 3.8) is 0 Å². The third-order valence-electron chi connectivity index (χ3n) is 2.88. The number of benzene rings is 2. The van der Waals surface area contributed by atoms with Crippen molar-refractivity contribution in [2.24, 2.45) is 0 Å². The van der Waals surface area contributed by atoms with Gasteiger partial charge in [-0.1, -0.05) is 24.3 Å². The summed E-state index contributed by atoms with van der Waals surface area (Å²) in [5.74, 6) is -0.996. The van der Waals surface area contributed by atoms with Gasteiger partial charge in [0, 0.05) is 18.7 Å². The molecule has 0 spiro atoms. The van der Waals surface area contributed by atoms with Crippen molar-refractivity contribution in [3.8, 4) is 11.1 Å². The Labute approximate surface area is 122 Å². The normalized spacial score (nSPS) is 11.2. The second-order valence-corrected chi connectivity index (χ2v) is 6.63. The fraction of sp³-hybridized carbons (Fsp3) is 0.133. The van der Waals surface area contributed by atoms with Gasteiger partial charge in [0.15, 0.2) is 9.84 Å². The molecule has 0 aliphatic heterocycles. The fourth-order valence-electron chi connectivity index (χ4n) is 2.00. The van der Waals surface area contributed by atoms with E-state index < -0.39 is 15.7 Å². The molecular formula is C15H14FNO3S. The van der Waals surface area contributed by atoms with E-state index in [1.807, 2.05) is 0 Å². The average molecular weight is 307 g/mol. The van der Waals surface area contributed by atoms with Gasteiger partial charge >= 0.3 is 0 Å². The SMILES string of the molecule is CC(=O)Nc1ccc(-c2ccccc2S(C)(=O)=O)cc1F. The summed E-state index contributed by atoms with van der Waals surface area (Å²) in [6.07, 6.45) is 1.11. The van der Waals surface area contributed by atoms with E-state index in [1.54, 1.807) is 24.3 Å². The summed E-state index contributed by atoms with van der Waals surface area (Å²) in [6.45, 7) is 1.28. The minimum Gasteiger partial charge on any atom is -0.324 e. The van der Waals surface area contributed by atoms with Crippen molar-refractivity contribution >= 4 is 21.4 Å². The Kier molecular flexibility index (Phi) is 4.09. The summed E-state index contributed by atoms with van der Waals surface area (Å²) < 4.78 is 37.5. The molecule has 2 aromatic carbocycles. The Balaban J connectivity index is 2.54. The van der Waals surface area contributed by atoms with Gasteiger partial charge < -0.3 is 5.32 Å². The molecule has 0 atom stereocenters. The monoisotopic (exact) mass is 307 g/mol. The van der Waals surface area contributed by atoms with Crippen LogP contribution in [0.25, 0.3) is 11.1 Å². The molecule has 1 N–H and O–H groups in total. The van der Waals surface area contributed by atoms with Crippen LogP contribution in [0.15, 0.2) is 47.4 Å². The quantitative estimate of drug-likeness (QED) is 0.948. The van der Waals surface area contributed by atoms with E-state index in [4.69, 9.17) is 0 Å². The van der Waals surface area contributed by atoms with Crippen LogP contribution < -0.4 is 5.32 Å². The summed E-state index contributed by atoms with van der Waals surface area (Å²) in [7, 11) is -3.42. The maximum atomic E-state index is 14.0. The first-order valence-corrected chi connectivity index (χ1v) is 8.05. The Bertz CT molecular complexity index is 800. The van der Waals surface area contributed by atoms with Crippen LogP contribution in [0, 0.1) is 5.82 Å². The predicted octanol–water partition coefficient (Wildman–Crippen LogP) is 2.85. The third kappa shape index (κ3) is 3.46. The number of carbonyl (C=O) groups is 1. The number of amides is 1. The molecule has 1 amide bonds. The largest absolute Gasteiger partial charge is 0.324 e. The van der Waals surface area contributed by atoms with E-state index >= 15 is 0 Å². The molecule has 2 rings (SSSR count). The summed E-state index contributed by atoms with van der Waals surface area (Å²) in [5.41, 5.74) is 0.916. The Hall–Kier alpha value is -2.21. The summed E-state index contributed by atoms with van der Waals surface area (Å²) in [5, 5.41) is 2.36. The van der Waals surface area contributed by atoms with Crippen LogP contribution in [-0.2, 0) is 14.6 Å². The standard InChI is InChI=1S/C15H14FNO3S/c1-10(18)17-14-8-7-11(9-13(14)16)12-5-3-4-6-15(12)21(2,19)20/h3-9H,1-2H3,(H,17,18). The molecule has 4 nitrogen and oxygen atoms in total. The summed E-state index contributed by atoms with van der Waals surface area (Å²) in [6, 6.07) is 10.6. The predicted molar refractivity (Wildman–Crippen MR) is 79.2 cm³/mol.